The van der Waals surface area contributed by atoms with Crippen LogP contribution in [0, 0.1) is 11.8 Å². The lowest BCUT2D eigenvalue weighted by Gasteiger charge is -2.33. The van der Waals surface area contributed by atoms with E-state index in [-0.39, 0.29) is 6.54 Å². The van der Waals surface area contributed by atoms with E-state index in [0.29, 0.717) is 31.8 Å². The SMILES string of the molecule is CN(CC1CCCC1)S(=O)(=O)N1CCCC(C(=O)O)C1. The minimum Gasteiger partial charge on any atom is -0.481 e. The number of hydrogen-bond acceptors (Lipinski definition) is 3. The van der Waals surface area contributed by atoms with Gasteiger partial charge in [0.05, 0.1) is 5.92 Å². The summed E-state index contributed by atoms with van der Waals surface area (Å²) in [5.74, 6) is -1.02. The Morgan fingerprint density at radius 1 is 1.25 bits per heavy atom. The molecular formula is C13H24N2O4S. The number of nitrogens with zero attached hydrogens (tertiary/aromatic N) is 2. The van der Waals surface area contributed by atoms with Crippen molar-refractivity contribution in [1.82, 2.24) is 8.61 Å². The van der Waals surface area contributed by atoms with Crippen molar-refractivity contribution in [3.05, 3.63) is 0 Å². The van der Waals surface area contributed by atoms with Gasteiger partial charge in [0.1, 0.15) is 0 Å². The highest BCUT2D eigenvalue weighted by atomic mass is 32.2. The van der Waals surface area contributed by atoms with Crippen LogP contribution in [0.15, 0.2) is 0 Å². The molecule has 1 unspecified atom stereocenters. The zero-order chi connectivity index (χ0) is 14.8. The van der Waals surface area contributed by atoms with E-state index in [2.05, 4.69) is 0 Å². The molecule has 0 radical (unpaired) electrons. The van der Waals surface area contributed by atoms with E-state index in [4.69, 9.17) is 5.11 Å². The Bertz CT molecular complexity index is 445. The Morgan fingerprint density at radius 3 is 2.50 bits per heavy atom. The zero-order valence-electron chi connectivity index (χ0n) is 12.0. The summed E-state index contributed by atoms with van der Waals surface area (Å²) in [6.45, 7) is 1.09. The molecule has 2 aliphatic rings. The lowest BCUT2D eigenvalue weighted by atomic mass is 10.0. The molecule has 1 saturated carbocycles. The molecule has 6 nitrogen and oxygen atoms in total. The van der Waals surface area contributed by atoms with E-state index in [1.54, 1.807) is 7.05 Å². The molecule has 0 aromatic rings. The fourth-order valence-corrected chi connectivity index (χ4v) is 4.72. The molecule has 2 fully saturated rings. The van der Waals surface area contributed by atoms with Crippen LogP contribution in [0.2, 0.25) is 0 Å². The van der Waals surface area contributed by atoms with Gasteiger partial charge in [-0.15, -0.1) is 0 Å². The topological polar surface area (TPSA) is 77.9 Å². The molecule has 1 atom stereocenters. The Balaban J connectivity index is 1.99. The van der Waals surface area contributed by atoms with E-state index in [0.717, 1.165) is 12.8 Å². The largest absolute Gasteiger partial charge is 0.481 e. The van der Waals surface area contributed by atoms with Crippen LogP contribution in [0.4, 0.5) is 0 Å². The standard InChI is InChI=1S/C13H24N2O4S/c1-14(9-11-5-2-3-6-11)20(18,19)15-8-4-7-12(10-15)13(16)17/h11-12H,2-10H2,1H3,(H,16,17). The first-order valence-electron chi connectivity index (χ1n) is 7.35. The highest BCUT2D eigenvalue weighted by Crippen LogP contribution is 2.27. The van der Waals surface area contributed by atoms with E-state index in [9.17, 15) is 13.2 Å². The molecule has 0 amide bonds. The van der Waals surface area contributed by atoms with Crippen LogP contribution in [-0.4, -0.2) is 54.8 Å². The van der Waals surface area contributed by atoms with Gasteiger partial charge in [-0.05, 0) is 31.6 Å². The summed E-state index contributed by atoms with van der Waals surface area (Å²) < 4.78 is 27.7. The second-order valence-corrected chi connectivity index (χ2v) is 8.01. The number of hydrogen-bond donors (Lipinski definition) is 1. The van der Waals surface area contributed by atoms with E-state index < -0.39 is 22.1 Å². The molecular weight excluding hydrogens is 280 g/mol. The molecule has 1 saturated heterocycles. The van der Waals surface area contributed by atoms with Gasteiger partial charge in [-0.25, -0.2) is 0 Å². The molecule has 2 rings (SSSR count). The highest BCUT2D eigenvalue weighted by molar-refractivity contribution is 7.86. The Labute approximate surface area is 120 Å². The molecule has 0 bridgehead atoms. The normalized spacial score (nSPS) is 26.2. The van der Waals surface area contributed by atoms with Gasteiger partial charge in [-0.3, -0.25) is 4.79 Å². The summed E-state index contributed by atoms with van der Waals surface area (Å²) in [6, 6.07) is 0. The van der Waals surface area contributed by atoms with Crippen LogP contribution in [0.1, 0.15) is 38.5 Å². The Kier molecular flexibility index (Phi) is 5.04. The van der Waals surface area contributed by atoms with Crippen LogP contribution in [0.5, 0.6) is 0 Å². The van der Waals surface area contributed by atoms with Crippen LogP contribution in [0.25, 0.3) is 0 Å². The summed E-state index contributed by atoms with van der Waals surface area (Å²) in [5.41, 5.74) is 0. The minimum atomic E-state index is -3.51. The summed E-state index contributed by atoms with van der Waals surface area (Å²) in [5, 5.41) is 9.06. The summed E-state index contributed by atoms with van der Waals surface area (Å²) >= 11 is 0. The number of carboxylic acids is 1. The van der Waals surface area contributed by atoms with Crippen molar-refractivity contribution < 1.29 is 18.3 Å². The molecule has 20 heavy (non-hydrogen) atoms. The van der Waals surface area contributed by atoms with Crippen molar-refractivity contribution in [2.24, 2.45) is 11.8 Å². The molecule has 1 aliphatic heterocycles. The molecule has 1 heterocycles. The van der Waals surface area contributed by atoms with Gasteiger partial charge >= 0.3 is 5.97 Å². The van der Waals surface area contributed by atoms with E-state index in [1.165, 1.54) is 21.5 Å². The number of carboxylic acid groups (broad SMARTS) is 1. The van der Waals surface area contributed by atoms with Crippen molar-refractivity contribution in [1.29, 1.82) is 0 Å². The second kappa shape index (κ2) is 6.41. The van der Waals surface area contributed by atoms with E-state index >= 15 is 0 Å². The maximum absolute atomic E-state index is 12.5. The lowest BCUT2D eigenvalue weighted by molar-refractivity contribution is -0.142. The predicted molar refractivity (Wildman–Crippen MR) is 75.4 cm³/mol. The number of aliphatic carboxylic acids is 1. The fourth-order valence-electron chi connectivity index (χ4n) is 3.20. The highest BCUT2D eigenvalue weighted by Gasteiger charge is 2.35. The second-order valence-electron chi connectivity index (χ2n) is 5.97. The predicted octanol–water partition coefficient (Wildman–Crippen LogP) is 1.15. The quantitative estimate of drug-likeness (QED) is 0.826. The summed E-state index contributed by atoms with van der Waals surface area (Å²) in [7, 11) is -1.90. The lowest BCUT2D eigenvalue weighted by Crippen LogP contribution is -2.48. The first kappa shape index (κ1) is 15.7. The van der Waals surface area contributed by atoms with Crippen molar-refractivity contribution in [2.45, 2.75) is 38.5 Å². The van der Waals surface area contributed by atoms with Crippen molar-refractivity contribution in [3.8, 4) is 0 Å². The maximum Gasteiger partial charge on any atom is 0.307 e. The summed E-state index contributed by atoms with van der Waals surface area (Å²) in [4.78, 5) is 11.0. The van der Waals surface area contributed by atoms with Crippen LogP contribution >= 0.6 is 0 Å². The van der Waals surface area contributed by atoms with Gasteiger partial charge in [0.15, 0.2) is 0 Å². The van der Waals surface area contributed by atoms with Crippen molar-refractivity contribution in [3.63, 3.8) is 0 Å². The molecule has 0 aromatic heterocycles. The average molecular weight is 304 g/mol. The Morgan fingerprint density at radius 2 is 1.90 bits per heavy atom. The molecule has 7 heteroatoms. The number of piperidine rings is 1. The van der Waals surface area contributed by atoms with Crippen molar-refractivity contribution >= 4 is 16.2 Å². The van der Waals surface area contributed by atoms with Gasteiger partial charge in [-0.2, -0.15) is 17.0 Å². The number of rotatable bonds is 5. The minimum absolute atomic E-state index is 0.104. The van der Waals surface area contributed by atoms with Crippen LogP contribution in [-0.2, 0) is 15.0 Å². The van der Waals surface area contributed by atoms with Crippen LogP contribution < -0.4 is 0 Å². The zero-order valence-corrected chi connectivity index (χ0v) is 12.8. The van der Waals surface area contributed by atoms with Gasteiger partial charge in [-0.1, -0.05) is 12.8 Å². The van der Waals surface area contributed by atoms with Gasteiger partial charge in [0, 0.05) is 26.7 Å². The van der Waals surface area contributed by atoms with Gasteiger partial charge < -0.3 is 5.11 Å². The monoisotopic (exact) mass is 304 g/mol. The number of carbonyl (C=O) groups is 1. The smallest absolute Gasteiger partial charge is 0.307 e. The van der Waals surface area contributed by atoms with Crippen LogP contribution in [0.3, 0.4) is 0 Å². The summed E-state index contributed by atoms with van der Waals surface area (Å²) in [6.07, 6.45) is 5.74. The Hall–Kier alpha value is -0.660. The third-order valence-electron chi connectivity index (χ3n) is 4.44. The molecule has 116 valence electrons. The molecule has 0 aromatic carbocycles. The third kappa shape index (κ3) is 3.51. The van der Waals surface area contributed by atoms with Gasteiger partial charge in [0.25, 0.3) is 10.2 Å². The molecule has 0 spiro atoms. The average Bonchev–Trinajstić information content (AvgIpc) is 2.91. The fraction of sp³-hybridized carbons (Fsp3) is 0.923. The van der Waals surface area contributed by atoms with E-state index in [1.807, 2.05) is 0 Å². The first-order valence-corrected chi connectivity index (χ1v) is 8.75. The first-order chi connectivity index (χ1) is 9.41. The maximum atomic E-state index is 12.5. The van der Waals surface area contributed by atoms with Gasteiger partial charge in [0.2, 0.25) is 0 Å². The molecule has 1 aliphatic carbocycles. The van der Waals surface area contributed by atoms with Crippen molar-refractivity contribution in [2.75, 3.05) is 26.7 Å². The molecule has 1 N–H and O–H groups in total. The third-order valence-corrected chi connectivity index (χ3v) is 6.36.